The van der Waals surface area contributed by atoms with Crippen molar-refractivity contribution in [1.29, 1.82) is 0 Å². The van der Waals surface area contributed by atoms with Crippen molar-refractivity contribution in [1.82, 2.24) is 4.90 Å². The number of phenolic OH excluding ortho intramolecular Hbond substituents is 1. The van der Waals surface area contributed by atoms with Crippen LogP contribution in [0.1, 0.15) is 31.4 Å². The third-order valence-corrected chi connectivity index (χ3v) is 3.61. The number of para-hydroxylation sites is 1. The summed E-state index contributed by atoms with van der Waals surface area (Å²) in [5.41, 5.74) is 2.03. The molecule has 2 heteroatoms. The summed E-state index contributed by atoms with van der Waals surface area (Å²) in [5.74, 6) is 1.25. The van der Waals surface area contributed by atoms with Crippen molar-refractivity contribution < 1.29 is 5.11 Å². The van der Waals surface area contributed by atoms with Crippen molar-refractivity contribution >= 4 is 0 Å². The molecule has 0 amide bonds. The third-order valence-electron chi connectivity index (χ3n) is 3.61. The van der Waals surface area contributed by atoms with E-state index in [0.717, 1.165) is 30.1 Å². The van der Waals surface area contributed by atoms with Gasteiger partial charge in [-0.05, 0) is 31.7 Å². The molecular formula is C14H21NO. The zero-order chi connectivity index (χ0) is 11.7. The first-order chi connectivity index (χ1) is 7.58. The molecule has 1 aromatic carbocycles. The van der Waals surface area contributed by atoms with Gasteiger partial charge < -0.3 is 5.11 Å². The third kappa shape index (κ3) is 2.22. The second-order valence-electron chi connectivity index (χ2n) is 5.20. The summed E-state index contributed by atoms with van der Waals surface area (Å²) < 4.78 is 0. The van der Waals surface area contributed by atoms with Crippen LogP contribution in [0.3, 0.4) is 0 Å². The van der Waals surface area contributed by atoms with Gasteiger partial charge in [0.2, 0.25) is 0 Å². The Morgan fingerprint density at radius 1 is 1.38 bits per heavy atom. The highest BCUT2D eigenvalue weighted by Crippen LogP contribution is 2.28. The molecule has 1 aliphatic heterocycles. The molecule has 1 N–H and O–H groups in total. The van der Waals surface area contributed by atoms with E-state index >= 15 is 0 Å². The van der Waals surface area contributed by atoms with Crippen LogP contribution in [-0.2, 0) is 6.54 Å². The molecule has 0 aliphatic carbocycles. The summed E-state index contributed by atoms with van der Waals surface area (Å²) in [6.07, 6.45) is 1.27. The topological polar surface area (TPSA) is 23.5 Å². The molecule has 0 aromatic heterocycles. The average Bonchev–Trinajstić information content (AvgIpc) is 2.53. The highest BCUT2D eigenvalue weighted by molar-refractivity contribution is 5.39. The number of aryl methyl sites for hydroxylation is 1. The van der Waals surface area contributed by atoms with Crippen LogP contribution in [0.2, 0.25) is 0 Å². The molecule has 1 aliphatic rings. The number of rotatable bonds is 2. The largest absolute Gasteiger partial charge is 0.507 e. The molecular weight excluding hydrogens is 198 g/mol. The maximum absolute atomic E-state index is 9.98. The number of hydrogen-bond acceptors (Lipinski definition) is 2. The molecule has 2 unspecified atom stereocenters. The molecule has 2 rings (SSSR count). The fraction of sp³-hybridized carbons (Fsp3) is 0.571. The lowest BCUT2D eigenvalue weighted by Gasteiger charge is -2.21. The molecule has 16 heavy (non-hydrogen) atoms. The van der Waals surface area contributed by atoms with Gasteiger partial charge in [-0.2, -0.15) is 0 Å². The van der Waals surface area contributed by atoms with Crippen LogP contribution in [0.15, 0.2) is 18.2 Å². The fourth-order valence-corrected chi connectivity index (χ4v) is 2.67. The lowest BCUT2D eigenvalue weighted by atomic mass is 10.1. The molecule has 1 saturated heterocycles. The van der Waals surface area contributed by atoms with Gasteiger partial charge in [0, 0.05) is 24.7 Å². The monoisotopic (exact) mass is 219 g/mol. The number of hydrogen-bond donors (Lipinski definition) is 1. The van der Waals surface area contributed by atoms with Crippen LogP contribution in [0, 0.1) is 12.8 Å². The summed E-state index contributed by atoms with van der Waals surface area (Å²) in [4.78, 5) is 2.46. The number of likely N-dealkylation sites (tertiary alicyclic amines) is 1. The molecule has 0 spiro atoms. The quantitative estimate of drug-likeness (QED) is 0.826. The lowest BCUT2D eigenvalue weighted by molar-refractivity contribution is 0.253. The van der Waals surface area contributed by atoms with Crippen molar-refractivity contribution in [3.8, 4) is 5.75 Å². The van der Waals surface area contributed by atoms with Gasteiger partial charge in [0.1, 0.15) is 5.75 Å². The molecule has 88 valence electrons. The van der Waals surface area contributed by atoms with Gasteiger partial charge in [-0.1, -0.05) is 25.1 Å². The van der Waals surface area contributed by atoms with Gasteiger partial charge in [-0.15, -0.1) is 0 Å². The van der Waals surface area contributed by atoms with E-state index in [1.165, 1.54) is 6.42 Å². The second-order valence-corrected chi connectivity index (χ2v) is 5.20. The maximum atomic E-state index is 9.98. The van der Waals surface area contributed by atoms with E-state index in [1.807, 2.05) is 25.1 Å². The standard InChI is InChI=1S/C14H21NO/c1-10-7-12(3)15(8-10)9-13-6-4-5-11(2)14(13)16/h4-6,10,12,16H,7-9H2,1-3H3. The van der Waals surface area contributed by atoms with Gasteiger partial charge in [0.25, 0.3) is 0 Å². The van der Waals surface area contributed by atoms with Gasteiger partial charge >= 0.3 is 0 Å². The predicted molar refractivity (Wildman–Crippen MR) is 66.5 cm³/mol. The first-order valence-electron chi connectivity index (χ1n) is 6.09. The van der Waals surface area contributed by atoms with E-state index in [0.29, 0.717) is 11.8 Å². The smallest absolute Gasteiger partial charge is 0.122 e. The molecule has 2 atom stereocenters. The molecule has 2 nitrogen and oxygen atoms in total. The Balaban J connectivity index is 2.12. The Bertz CT molecular complexity index is 375. The van der Waals surface area contributed by atoms with Crippen LogP contribution < -0.4 is 0 Å². The molecule has 1 aromatic rings. The van der Waals surface area contributed by atoms with Crippen molar-refractivity contribution in [3.05, 3.63) is 29.3 Å². The number of phenols is 1. The van der Waals surface area contributed by atoms with Crippen molar-refractivity contribution in [3.63, 3.8) is 0 Å². The van der Waals surface area contributed by atoms with Crippen molar-refractivity contribution in [2.24, 2.45) is 5.92 Å². The highest BCUT2D eigenvalue weighted by atomic mass is 16.3. The van der Waals surface area contributed by atoms with Gasteiger partial charge in [-0.25, -0.2) is 0 Å². The SMILES string of the molecule is Cc1cccc(CN2CC(C)CC2C)c1O. The van der Waals surface area contributed by atoms with Crippen LogP contribution >= 0.6 is 0 Å². The van der Waals surface area contributed by atoms with Gasteiger partial charge in [-0.3, -0.25) is 4.90 Å². The Kier molecular flexibility index (Phi) is 3.20. The van der Waals surface area contributed by atoms with E-state index in [4.69, 9.17) is 0 Å². The minimum atomic E-state index is 0.467. The predicted octanol–water partition coefficient (Wildman–Crippen LogP) is 2.93. The minimum absolute atomic E-state index is 0.467. The number of nitrogens with zero attached hydrogens (tertiary/aromatic N) is 1. The Morgan fingerprint density at radius 3 is 2.75 bits per heavy atom. The highest BCUT2D eigenvalue weighted by Gasteiger charge is 2.26. The summed E-state index contributed by atoms with van der Waals surface area (Å²) in [6.45, 7) is 8.55. The lowest BCUT2D eigenvalue weighted by Crippen LogP contribution is -2.26. The Labute approximate surface area is 97.9 Å². The number of aromatic hydroxyl groups is 1. The Morgan fingerprint density at radius 2 is 2.12 bits per heavy atom. The van der Waals surface area contributed by atoms with Crippen LogP contribution in [0.4, 0.5) is 0 Å². The van der Waals surface area contributed by atoms with Crippen molar-refractivity contribution in [2.75, 3.05) is 6.54 Å². The molecule has 1 fully saturated rings. The van der Waals surface area contributed by atoms with E-state index in [2.05, 4.69) is 18.7 Å². The minimum Gasteiger partial charge on any atom is -0.507 e. The van der Waals surface area contributed by atoms with Crippen LogP contribution in [0.25, 0.3) is 0 Å². The van der Waals surface area contributed by atoms with E-state index < -0.39 is 0 Å². The van der Waals surface area contributed by atoms with Crippen LogP contribution in [0.5, 0.6) is 5.75 Å². The fourth-order valence-electron chi connectivity index (χ4n) is 2.67. The van der Waals surface area contributed by atoms with Gasteiger partial charge in [0.15, 0.2) is 0 Å². The number of benzene rings is 1. The second kappa shape index (κ2) is 4.46. The van der Waals surface area contributed by atoms with Gasteiger partial charge in [0.05, 0.1) is 0 Å². The summed E-state index contributed by atoms with van der Waals surface area (Å²) in [6, 6.07) is 6.64. The summed E-state index contributed by atoms with van der Waals surface area (Å²) in [5, 5.41) is 9.98. The van der Waals surface area contributed by atoms with E-state index in [9.17, 15) is 5.11 Å². The van der Waals surface area contributed by atoms with Crippen molar-refractivity contribution in [2.45, 2.75) is 39.8 Å². The first kappa shape index (κ1) is 11.5. The van der Waals surface area contributed by atoms with Crippen LogP contribution in [-0.4, -0.2) is 22.6 Å². The van der Waals surface area contributed by atoms with E-state index in [1.54, 1.807) is 0 Å². The molecule has 0 bridgehead atoms. The molecule has 1 heterocycles. The summed E-state index contributed by atoms with van der Waals surface area (Å²) >= 11 is 0. The zero-order valence-corrected chi connectivity index (χ0v) is 10.4. The van der Waals surface area contributed by atoms with E-state index in [-0.39, 0.29) is 0 Å². The average molecular weight is 219 g/mol. The zero-order valence-electron chi connectivity index (χ0n) is 10.4. The first-order valence-corrected chi connectivity index (χ1v) is 6.09. The molecule has 0 radical (unpaired) electrons. The maximum Gasteiger partial charge on any atom is 0.122 e. The molecule has 0 saturated carbocycles. The normalized spacial score (nSPS) is 26.2. The summed E-state index contributed by atoms with van der Waals surface area (Å²) in [7, 11) is 0. The Hall–Kier alpha value is -1.02.